The Bertz CT molecular complexity index is 986. The first-order chi connectivity index (χ1) is 13.5. The summed E-state index contributed by atoms with van der Waals surface area (Å²) in [7, 11) is 1.60. The van der Waals surface area contributed by atoms with Crippen LogP contribution in [0.5, 0.6) is 5.75 Å². The minimum atomic E-state index is -0.276. The van der Waals surface area contributed by atoms with Gasteiger partial charge >= 0.3 is 0 Å². The van der Waals surface area contributed by atoms with Crippen LogP contribution in [0, 0.1) is 6.92 Å². The van der Waals surface area contributed by atoms with Crippen molar-refractivity contribution in [1.29, 1.82) is 0 Å². The molecule has 1 aromatic heterocycles. The van der Waals surface area contributed by atoms with Gasteiger partial charge in [0.2, 0.25) is 5.95 Å². The molecule has 0 unspecified atom stereocenters. The minimum absolute atomic E-state index is 0.276. The van der Waals surface area contributed by atoms with E-state index >= 15 is 0 Å². The van der Waals surface area contributed by atoms with Gasteiger partial charge in [-0.3, -0.25) is 4.79 Å². The zero-order valence-electron chi connectivity index (χ0n) is 16.5. The molecule has 0 bridgehead atoms. The lowest BCUT2D eigenvalue weighted by molar-refractivity contribution is 0.102. The van der Waals surface area contributed by atoms with Gasteiger partial charge in [0, 0.05) is 11.4 Å². The SMILES string of the molecule is COc1ccccc1Nc1nc(C)cc(C(=O)Nc2ccccc2C(C)C)n1. The van der Waals surface area contributed by atoms with Gasteiger partial charge in [-0.05, 0) is 42.7 Å². The third-order valence-corrected chi connectivity index (χ3v) is 4.27. The van der Waals surface area contributed by atoms with E-state index in [1.807, 2.05) is 55.5 Å². The molecule has 28 heavy (non-hydrogen) atoms. The van der Waals surface area contributed by atoms with Crippen molar-refractivity contribution in [2.45, 2.75) is 26.7 Å². The minimum Gasteiger partial charge on any atom is -0.495 e. The van der Waals surface area contributed by atoms with Crippen molar-refractivity contribution in [3.63, 3.8) is 0 Å². The Morgan fingerprint density at radius 2 is 1.68 bits per heavy atom. The van der Waals surface area contributed by atoms with Crippen LogP contribution in [0.4, 0.5) is 17.3 Å². The first-order valence-electron chi connectivity index (χ1n) is 9.14. The Morgan fingerprint density at radius 3 is 2.39 bits per heavy atom. The number of benzene rings is 2. The molecule has 1 amide bonds. The van der Waals surface area contributed by atoms with Crippen LogP contribution in [0.2, 0.25) is 0 Å². The molecule has 0 aliphatic rings. The summed E-state index contributed by atoms with van der Waals surface area (Å²) in [6, 6.07) is 16.9. The first-order valence-corrected chi connectivity index (χ1v) is 9.14. The summed E-state index contributed by atoms with van der Waals surface area (Å²) < 4.78 is 5.34. The number of aromatic nitrogens is 2. The van der Waals surface area contributed by atoms with E-state index in [0.717, 1.165) is 16.9 Å². The molecule has 0 fully saturated rings. The van der Waals surface area contributed by atoms with Crippen LogP contribution in [-0.4, -0.2) is 23.0 Å². The molecule has 0 saturated heterocycles. The van der Waals surface area contributed by atoms with Gasteiger partial charge in [0.05, 0.1) is 12.8 Å². The van der Waals surface area contributed by atoms with Gasteiger partial charge < -0.3 is 15.4 Å². The Labute approximate surface area is 165 Å². The number of nitrogens with one attached hydrogen (secondary N) is 2. The van der Waals surface area contributed by atoms with Crippen LogP contribution in [-0.2, 0) is 0 Å². The van der Waals surface area contributed by atoms with Crippen molar-refractivity contribution in [2.24, 2.45) is 0 Å². The number of nitrogens with zero attached hydrogens (tertiary/aromatic N) is 2. The third-order valence-electron chi connectivity index (χ3n) is 4.27. The van der Waals surface area contributed by atoms with Crippen molar-refractivity contribution >= 4 is 23.2 Å². The molecular weight excluding hydrogens is 352 g/mol. The van der Waals surface area contributed by atoms with Crippen LogP contribution >= 0.6 is 0 Å². The molecule has 3 aromatic rings. The third kappa shape index (κ3) is 4.46. The zero-order chi connectivity index (χ0) is 20.1. The number of aryl methyl sites for hydroxylation is 1. The average molecular weight is 376 g/mol. The highest BCUT2D eigenvalue weighted by Crippen LogP contribution is 2.26. The van der Waals surface area contributed by atoms with E-state index in [0.29, 0.717) is 29.0 Å². The normalized spacial score (nSPS) is 10.6. The molecule has 2 N–H and O–H groups in total. The average Bonchev–Trinajstić information content (AvgIpc) is 2.68. The van der Waals surface area contributed by atoms with E-state index in [2.05, 4.69) is 34.4 Å². The van der Waals surface area contributed by atoms with Crippen LogP contribution in [0.1, 0.15) is 41.5 Å². The lowest BCUT2D eigenvalue weighted by Crippen LogP contribution is -2.16. The first kappa shape index (κ1) is 19.4. The number of amides is 1. The van der Waals surface area contributed by atoms with Crippen molar-refractivity contribution in [2.75, 3.05) is 17.7 Å². The highest BCUT2D eigenvalue weighted by atomic mass is 16.5. The molecule has 0 aliphatic carbocycles. The summed E-state index contributed by atoms with van der Waals surface area (Å²) in [5.41, 5.74) is 3.58. The second-order valence-electron chi connectivity index (χ2n) is 6.74. The molecule has 0 aliphatic heterocycles. The number of carbonyl (C=O) groups is 1. The summed E-state index contributed by atoms with van der Waals surface area (Å²) in [6.07, 6.45) is 0. The largest absolute Gasteiger partial charge is 0.495 e. The van der Waals surface area contributed by atoms with Gasteiger partial charge in [0.15, 0.2) is 0 Å². The second kappa shape index (κ2) is 8.52. The molecule has 0 spiro atoms. The molecule has 1 heterocycles. The highest BCUT2D eigenvalue weighted by molar-refractivity contribution is 6.03. The van der Waals surface area contributed by atoms with Crippen LogP contribution < -0.4 is 15.4 Å². The predicted molar refractivity (Wildman–Crippen MR) is 112 cm³/mol. The molecule has 3 rings (SSSR count). The summed E-state index contributed by atoms with van der Waals surface area (Å²) in [6.45, 7) is 6.01. The Morgan fingerprint density at radius 1 is 1.00 bits per heavy atom. The quantitative estimate of drug-likeness (QED) is 0.639. The summed E-state index contributed by atoms with van der Waals surface area (Å²) in [5.74, 6) is 1.03. The molecule has 2 aromatic carbocycles. The molecule has 0 atom stereocenters. The lowest BCUT2D eigenvalue weighted by atomic mass is 10.0. The van der Waals surface area contributed by atoms with E-state index in [1.54, 1.807) is 13.2 Å². The highest BCUT2D eigenvalue weighted by Gasteiger charge is 2.14. The van der Waals surface area contributed by atoms with Crippen LogP contribution in [0.25, 0.3) is 0 Å². The van der Waals surface area contributed by atoms with E-state index < -0.39 is 0 Å². The second-order valence-corrected chi connectivity index (χ2v) is 6.74. The van der Waals surface area contributed by atoms with Gasteiger partial charge in [-0.25, -0.2) is 9.97 Å². The topological polar surface area (TPSA) is 76.1 Å². The molecular formula is C22H24N4O2. The fourth-order valence-electron chi connectivity index (χ4n) is 2.91. The van der Waals surface area contributed by atoms with Crippen molar-refractivity contribution in [1.82, 2.24) is 9.97 Å². The Hall–Kier alpha value is -3.41. The van der Waals surface area contributed by atoms with Gasteiger partial charge in [-0.1, -0.05) is 44.2 Å². The number of ether oxygens (including phenoxy) is 1. The van der Waals surface area contributed by atoms with Crippen molar-refractivity contribution in [3.8, 4) is 5.75 Å². The molecule has 144 valence electrons. The van der Waals surface area contributed by atoms with E-state index in [-0.39, 0.29) is 5.91 Å². The standard InChI is InChI=1S/C22H24N4O2/c1-14(2)16-9-5-6-10-17(16)24-21(27)19-13-15(3)23-22(26-19)25-18-11-7-8-12-20(18)28-4/h5-14H,1-4H3,(H,24,27)(H,23,25,26). The summed E-state index contributed by atoms with van der Waals surface area (Å²) >= 11 is 0. The lowest BCUT2D eigenvalue weighted by Gasteiger charge is -2.14. The van der Waals surface area contributed by atoms with Gasteiger partial charge in [0.25, 0.3) is 5.91 Å². The number of rotatable bonds is 6. The number of carbonyl (C=O) groups excluding carboxylic acids is 1. The van der Waals surface area contributed by atoms with Gasteiger partial charge in [-0.15, -0.1) is 0 Å². The maximum Gasteiger partial charge on any atom is 0.274 e. The number of methoxy groups -OCH3 is 1. The number of hydrogen-bond acceptors (Lipinski definition) is 5. The van der Waals surface area contributed by atoms with Crippen LogP contribution in [0.15, 0.2) is 54.6 Å². The molecule has 0 saturated carbocycles. The fraction of sp³-hybridized carbons (Fsp3) is 0.227. The Balaban J connectivity index is 1.86. The fourth-order valence-corrected chi connectivity index (χ4v) is 2.91. The molecule has 6 nitrogen and oxygen atoms in total. The maximum atomic E-state index is 12.8. The van der Waals surface area contributed by atoms with E-state index in [4.69, 9.17) is 4.74 Å². The van der Waals surface area contributed by atoms with E-state index in [9.17, 15) is 4.79 Å². The van der Waals surface area contributed by atoms with Gasteiger partial charge in [-0.2, -0.15) is 0 Å². The molecule has 6 heteroatoms. The zero-order valence-corrected chi connectivity index (χ0v) is 16.5. The number of para-hydroxylation sites is 3. The Kier molecular flexibility index (Phi) is 5.89. The van der Waals surface area contributed by atoms with E-state index in [1.165, 1.54) is 0 Å². The van der Waals surface area contributed by atoms with Crippen molar-refractivity contribution in [3.05, 3.63) is 71.5 Å². The predicted octanol–water partition coefficient (Wildman–Crippen LogP) is 4.91. The monoisotopic (exact) mass is 376 g/mol. The summed E-state index contributed by atoms with van der Waals surface area (Å²) in [4.78, 5) is 21.6. The molecule has 0 radical (unpaired) electrons. The van der Waals surface area contributed by atoms with Crippen LogP contribution in [0.3, 0.4) is 0 Å². The number of anilines is 3. The van der Waals surface area contributed by atoms with Crippen molar-refractivity contribution < 1.29 is 9.53 Å². The van der Waals surface area contributed by atoms with Gasteiger partial charge in [0.1, 0.15) is 11.4 Å². The maximum absolute atomic E-state index is 12.8. The number of hydrogen-bond donors (Lipinski definition) is 2. The smallest absolute Gasteiger partial charge is 0.274 e. The summed E-state index contributed by atoms with van der Waals surface area (Å²) in [5, 5.41) is 6.09.